The Morgan fingerprint density at radius 1 is 1.11 bits per heavy atom. The summed E-state index contributed by atoms with van der Waals surface area (Å²) < 4.78 is 27.3. The predicted molar refractivity (Wildman–Crippen MR) is 72.9 cm³/mol. The lowest BCUT2D eigenvalue weighted by molar-refractivity contribution is 0.310. The third-order valence-electron chi connectivity index (χ3n) is 3.75. The minimum atomic E-state index is -3.36. The topological polar surface area (TPSA) is 46.2 Å². The lowest BCUT2D eigenvalue weighted by Crippen LogP contribution is -2.40. The Kier molecular flexibility index (Phi) is 4.07. The zero-order valence-electron chi connectivity index (χ0n) is 11.0. The molecule has 1 aliphatic carbocycles. The minimum absolute atomic E-state index is 0.0880. The first-order valence-corrected chi connectivity index (χ1v) is 8.06. The van der Waals surface area contributed by atoms with Gasteiger partial charge in [-0.25, -0.2) is 13.1 Å². The van der Waals surface area contributed by atoms with Crippen molar-refractivity contribution in [2.45, 2.75) is 50.5 Å². The number of hydrogen-bond donors (Lipinski definition) is 1. The standard InChI is InChI=1S/C14H21NO2S/c1-11-7-9-13(10-8-11)18(16,17)15-14-6-4-3-5-12(14)2/h7-10,12,14-15H,3-6H2,1-2H3/t12-,14-/m1/s1. The van der Waals surface area contributed by atoms with Gasteiger partial charge in [-0.15, -0.1) is 0 Å². The first kappa shape index (κ1) is 13.6. The molecule has 0 amide bonds. The predicted octanol–water partition coefficient (Wildman–Crippen LogP) is 2.85. The lowest BCUT2D eigenvalue weighted by atomic mass is 9.87. The zero-order valence-corrected chi connectivity index (χ0v) is 11.8. The molecule has 1 fully saturated rings. The molecule has 0 bridgehead atoms. The maximum Gasteiger partial charge on any atom is 0.240 e. The summed E-state index contributed by atoms with van der Waals surface area (Å²) in [6, 6.07) is 7.10. The maximum absolute atomic E-state index is 12.2. The van der Waals surface area contributed by atoms with E-state index >= 15 is 0 Å². The van der Waals surface area contributed by atoms with Gasteiger partial charge in [0.15, 0.2) is 0 Å². The molecule has 1 N–H and O–H groups in total. The number of aryl methyl sites for hydroxylation is 1. The molecule has 2 rings (SSSR count). The highest BCUT2D eigenvalue weighted by molar-refractivity contribution is 7.89. The van der Waals surface area contributed by atoms with E-state index in [1.807, 2.05) is 19.1 Å². The molecular formula is C14H21NO2S. The van der Waals surface area contributed by atoms with Gasteiger partial charge in [-0.2, -0.15) is 0 Å². The van der Waals surface area contributed by atoms with Crippen LogP contribution < -0.4 is 4.72 Å². The molecule has 0 heterocycles. The summed E-state index contributed by atoms with van der Waals surface area (Å²) in [5, 5.41) is 0. The van der Waals surface area contributed by atoms with E-state index < -0.39 is 10.0 Å². The Hall–Kier alpha value is -0.870. The van der Waals surface area contributed by atoms with Crippen molar-refractivity contribution in [3.8, 4) is 0 Å². The Balaban J connectivity index is 2.13. The van der Waals surface area contributed by atoms with Gasteiger partial charge in [0.2, 0.25) is 10.0 Å². The molecule has 3 nitrogen and oxygen atoms in total. The average Bonchev–Trinajstić information content (AvgIpc) is 2.32. The highest BCUT2D eigenvalue weighted by atomic mass is 32.2. The first-order valence-electron chi connectivity index (χ1n) is 6.58. The fourth-order valence-electron chi connectivity index (χ4n) is 2.48. The van der Waals surface area contributed by atoms with E-state index in [4.69, 9.17) is 0 Å². The Morgan fingerprint density at radius 3 is 2.33 bits per heavy atom. The summed E-state index contributed by atoms with van der Waals surface area (Å²) in [6.45, 7) is 4.08. The van der Waals surface area contributed by atoms with Crippen LogP contribution in [-0.4, -0.2) is 14.5 Å². The summed E-state index contributed by atoms with van der Waals surface area (Å²) >= 11 is 0. The van der Waals surface area contributed by atoms with E-state index in [1.54, 1.807) is 12.1 Å². The second-order valence-electron chi connectivity index (χ2n) is 5.30. The molecule has 18 heavy (non-hydrogen) atoms. The molecule has 0 unspecified atom stereocenters. The molecule has 1 saturated carbocycles. The second kappa shape index (κ2) is 5.41. The van der Waals surface area contributed by atoms with E-state index in [0.717, 1.165) is 24.8 Å². The van der Waals surface area contributed by atoms with Crippen molar-refractivity contribution < 1.29 is 8.42 Å². The first-order chi connectivity index (χ1) is 8.49. The third-order valence-corrected chi connectivity index (χ3v) is 5.26. The maximum atomic E-state index is 12.2. The van der Waals surface area contributed by atoms with E-state index in [0.29, 0.717) is 10.8 Å². The SMILES string of the molecule is Cc1ccc(S(=O)(=O)N[C@@H]2CCCC[C@H]2C)cc1. The normalized spacial score (nSPS) is 25.0. The fourth-order valence-corrected chi connectivity index (χ4v) is 3.86. The lowest BCUT2D eigenvalue weighted by Gasteiger charge is -2.29. The van der Waals surface area contributed by atoms with Crippen LogP contribution in [0.5, 0.6) is 0 Å². The Labute approximate surface area is 110 Å². The van der Waals surface area contributed by atoms with Crippen molar-refractivity contribution >= 4 is 10.0 Å². The molecule has 1 aromatic carbocycles. The number of sulfonamides is 1. The molecule has 0 spiro atoms. The van der Waals surface area contributed by atoms with Crippen LogP contribution >= 0.6 is 0 Å². The summed E-state index contributed by atoms with van der Waals surface area (Å²) in [5.74, 6) is 0.430. The van der Waals surface area contributed by atoms with Gasteiger partial charge in [0.1, 0.15) is 0 Å². The Morgan fingerprint density at radius 2 is 1.72 bits per heavy atom. The summed E-state index contributed by atoms with van der Waals surface area (Å²) in [7, 11) is -3.36. The molecule has 2 atom stereocenters. The molecule has 100 valence electrons. The van der Waals surface area contributed by atoms with Crippen molar-refractivity contribution in [1.29, 1.82) is 0 Å². The van der Waals surface area contributed by atoms with Crippen LogP contribution in [0.15, 0.2) is 29.2 Å². The molecule has 0 radical (unpaired) electrons. The number of hydrogen-bond acceptors (Lipinski definition) is 2. The van der Waals surface area contributed by atoms with Gasteiger partial charge in [-0.3, -0.25) is 0 Å². The number of rotatable bonds is 3. The van der Waals surface area contributed by atoms with Gasteiger partial charge in [-0.05, 0) is 37.8 Å². The molecule has 4 heteroatoms. The summed E-state index contributed by atoms with van der Waals surface area (Å²) in [6.07, 6.45) is 4.39. The Bertz CT molecular complexity index is 493. The van der Waals surface area contributed by atoms with Crippen LogP contribution in [0.25, 0.3) is 0 Å². The molecule has 0 aromatic heterocycles. The van der Waals surface area contributed by atoms with Crippen molar-refractivity contribution in [3.05, 3.63) is 29.8 Å². The van der Waals surface area contributed by atoms with Gasteiger partial charge in [0, 0.05) is 6.04 Å². The minimum Gasteiger partial charge on any atom is -0.208 e. The van der Waals surface area contributed by atoms with E-state index in [-0.39, 0.29) is 6.04 Å². The van der Waals surface area contributed by atoms with E-state index in [1.165, 1.54) is 6.42 Å². The largest absolute Gasteiger partial charge is 0.240 e. The van der Waals surface area contributed by atoms with E-state index in [9.17, 15) is 8.42 Å². The van der Waals surface area contributed by atoms with Crippen LogP contribution in [0.1, 0.15) is 38.2 Å². The van der Waals surface area contributed by atoms with E-state index in [2.05, 4.69) is 11.6 Å². The van der Waals surface area contributed by atoms with Crippen LogP contribution in [0.3, 0.4) is 0 Å². The highest BCUT2D eigenvalue weighted by Gasteiger charge is 2.26. The quantitative estimate of drug-likeness (QED) is 0.915. The average molecular weight is 267 g/mol. The van der Waals surface area contributed by atoms with Crippen LogP contribution in [-0.2, 0) is 10.0 Å². The van der Waals surface area contributed by atoms with Gasteiger partial charge in [0.25, 0.3) is 0 Å². The van der Waals surface area contributed by atoms with Gasteiger partial charge < -0.3 is 0 Å². The van der Waals surface area contributed by atoms with Crippen LogP contribution in [0, 0.1) is 12.8 Å². The van der Waals surface area contributed by atoms with Crippen molar-refractivity contribution in [1.82, 2.24) is 4.72 Å². The molecule has 0 aliphatic heterocycles. The molecule has 0 saturated heterocycles. The zero-order chi connectivity index (χ0) is 13.2. The van der Waals surface area contributed by atoms with Crippen LogP contribution in [0.4, 0.5) is 0 Å². The van der Waals surface area contributed by atoms with Crippen LogP contribution in [0.2, 0.25) is 0 Å². The summed E-state index contributed by atoms with van der Waals surface area (Å²) in [5.41, 5.74) is 1.07. The van der Waals surface area contributed by atoms with Crippen molar-refractivity contribution in [2.75, 3.05) is 0 Å². The fraction of sp³-hybridized carbons (Fsp3) is 0.571. The van der Waals surface area contributed by atoms with Crippen molar-refractivity contribution in [2.24, 2.45) is 5.92 Å². The van der Waals surface area contributed by atoms with Crippen molar-refractivity contribution in [3.63, 3.8) is 0 Å². The smallest absolute Gasteiger partial charge is 0.208 e. The summed E-state index contributed by atoms with van der Waals surface area (Å²) in [4.78, 5) is 0.367. The monoisotopic (exact) mass is 267 g/mol. The second-order valence-corrected chi connectivity index (χ2v) is 7.02. The van der Waals surface area contributed by atoms with Gasteiger partial charge in [0.05, 0.1) is 4.90 Å². The number of benzene rings is 1. The molecular weight excluding hydrogens is 246 g/mol. The molecule has 1 aliphatic rings. The highest BCUT2D eigenvalue weighted by Crippen LogP contribution is 2.25. The third kappa shape index (κ3) is 3.12. The van der Waals surface area contributed by atoms with Gasteiger partial charge >= 0.3 is 0 Å². The number of nitrogens with one attached hydrogen (secondary N) is 1. The molecule has 1 aromatic rings. The van der Waals surface area contributed by atoms with Gasteiger partial charge in [-0.1, -0.05) is 37.5 Å².